The van der Waals surface area contributed by atoms with Crippen molar-refractivity contribution >= 4 is 17.3 Å². The summed E-state index contributed by atoms with van der Waals surface area (Å²) in [6, 6.07) is 1.36. The molecule has 2 aromatic heterocycles. The molecule has 0 bridgehead atoms. The average Bonchev–Trinajstić information content (AvgIpc) is 2.77. The molecular weight excluding hydrogens is 241 g/mol. The highest BCUT2D eigenvalue weighted by Crippen LogP contribution is 2.23. The third-order valence-corrected chi connectivity index (χ3v) is 3.02. The van der Waals surface area contributed by atoms with Crippen molar-refractivity contribution in [2.75, 3.05) is 0 Å². The zero-order valence-corrected chi connectivity index (χ0v) is 10.2. The van der Waals surface area contributed by atoms with E-state index in [0.717, 1.165) is 17.7 Å². The Labute approximate surface area is 102 Å². The molecule has 0 aliphatic heterocycles. The van der Waals surface area contributed by atoms with Gasteiger partial charge < -0.3 is 0 Å². The summed E-state index contributed by atoms with van der Waals surface area (Å²) in [5.41, 5.74) is 0.615. The molecule has 0 saturated heterocycles. The Morgan fingerprint density at radius 3 is 2.88 bits per heavy atom. The summed E-state index contributed by atoms with van der Waals surface area (Å²) in [6.45, 7) is 3.83. The van der Waals surface area contributed by atoms with Crippen LogP contribution in [-0.2, 0) is 0 Å². The second kappa shape index (κ2) is 4.67. The zero-order chi connectivity index (χ0) is 12.4. The fourth-order valence-electron chi connectivity index (χ4n) is 1.41. The molecule has 0 fully saturated rings. The summed E-state index contributed by atoms with van der Waals surface area (Å²) < 4.78 is 17.2. The van der Waals surface area contributed by atoms with Gasteiger partial charge in [-0.3, -0.25) is 9.78 Å². The van der Waals surface area contributed by atoms with Crippen LogP contribution in [0, 0.1) is 5.82 Å². The predicted molar refractivity (Wildman–Crippen MR) is 61.6 cm³/mol. The highest BCUT2D eigenvalue weighted by atomic mass is 32.1. The van der Waals surface area contributed by atoms with E-state index in [0.29, 0.717) is 10.6 Å². The van der Waals surface area contributed by atoms with Crippen molar-refractivity contribution < 1.29 is 9.18 Å². The van der Waals surface area contributed by atoms with Gasteiger partial charge in [-0.1, -0.05) is 18.3 Å². The van der Waals surface area contributed by atoms with E-state index in [1.807, 2.05) is 13.8 Å². The lowest BCUT2D eigenvalue weighted by Crippen LogP contribution is -2.06. The Bertz CT molecular complexity index is 553. The molecule has 0 amide bonds. The minimum absolute atomic E-state index is 0.00736. The van der Waals surface area contributed by atoms with Gasteiger partial charge in [0, 0.05) is 6.20 Å². The van der Waals surface area contributed by atoms with Crippen LogP contribution in [0.15, 0.2) is 18.5 Å². The van der Waals surface area contributed by atoms with Gasteiger partial charge in [0.05, 0.1) is 17.5 Å². The molecular formula is C11H10FN3OS. The van der Waals surface area contributed by atoms with Crippen LogP contribution in [0.25, 0.3) is 0 Å². The molecule has 0 atom stereocenters. The molecule has 0 radical (unpaired) electrons. The van der Waals surface area contributed by atoms with E-state index in [4.69, 9.17) is 0 Å². The van der Waals surface area contributed by atoms with E-state index in [1.165, 1.54) is 12.3 Å². The average molecular weight is 251 g/mol. The number of carbonyl (C=O) groups is 1. The van der Waals surface area contributed by atoms with E-state index >= 15 is 0 Å². The fraction of sp³-hybridized carbons (Fsp3) is 0.273. The van der Waals surface area contributed by atoms with Gasteiger partial charge >= 0.3 is 0 Å². The van der Waals surface area contributed by atoms with Crippen molar-refractivity contribution in [3.63, 3.8) is 0 Å². The maximum absolute atomic E-state index is 13.4. The predicted octanol–water partition coefficient (Wildman–Crippen LogP) is 2.43. The number of nitrogens with zero attached hydrogens (tertiary/aromatic N) is 3. The van der Waals surface area contributed by atoms with E-state index in [-0.39, 0.29) is 17.3 Å². The zero-order valence-electron chi connectivity index (χ0n) is 9.35. The Kier molecular flexibility index (Phi) is 3.23. The second-order valence-corrected chi connectivity index (χ2v) is 4.58. The Balaban J connectivity index is 2.45. The highest BCUT2D eigenvalue weighted by molar-refractivity contribution is 7.08. The molecule has 0 N–H and O–H groups in total. The van der Waals surface area contributed by atoms with Crippen LogP contribution >= 0.6 is 11.5 Å². The lowest BCUT2D eigenvalue weighted by Gasteiger charge is -2.03. The first kappa shape index (κ1) is 11.8. The Hall–Kier alpha value is -1.69. The summed E-state index contributed by atoms with van der Waals surface area (Å²) in [5.74, 6) is -0.929. The van der Waals surface area contributed by atoms with Crippen molar-refractivity contribution in [1.29, 1.82) is 0 Å². The van der Waals surface area contributed by atoms with Gasteiger partial charge in [-0.05, 0) is 23.5 Å². The van der Waals surface area contributed by atoms with Crippen molar-refractivity contribution in [3.05, 3.63) is 40.4 Å². The molecule has 4 nitrogen and oxygen atoms in total. The van der Waals surface area contributed by atoms with Crippen LogP contribution < -0.4 is 0 Å². The largest absolute Gasteiger partial charge is 0.287 e. The first-order chi connectivity index (χ1) is 8.11. The molecule has 0 aliphatic carbocycles. The van der Waals surface area contributed by atoms with Crippen molar-refractivity contribution in [3.8, 4) is 0 Å². The van der Waals surface area contributed by atoms with Gasteiger partial charge in [0.2, 0.25) is 5.78 Å². The number of rotatable bonds is 3. The van der Waals surface area contributed by atoms with Gasteiger partial charge in [-0.25, -0.2) is 4.39 Å². The van der Waals surface area contributed by atoms with Crippen molar-refractivity contribution in [2.45, 2.75) is 19.8 Å². The monoisotopic (exact) mass is 251 g/mol. The summed E-state index contributed by atoms with van der Waals surface area (Å²) in [5, 5.41) is 3.90. The topological polar surface area (TPSA) is 55.7 Å². The SMILES string of the molecule is CC(C)c1nnsc1C(=O)c1ccncc1F. The second-order valence-electron chi connectivity index (χ2n) is 3.83. The van der Waals surface area contributed by atoms with Gasteiger partial charge in [0.1, 0.15) is 4.88 Å². The number of hydrogen-bond donors (Lipinski definition) is 0. The molecule has 17 heavy (non-hydrogen) atoms. The highest BCUT2D eigenvalue weighted by Gasteiger charge is 2.22. The first-order valence-electron chi connectivity index (χ1n) is 5.07. The van der Waals surface area contributed by atoms with E-state index in [1.54, 1.807) is 0 Å². The molecule has 0 unspecified atom stereocenters. The maximum Gasteiger partial charge on any atom is 0.209 e. The molecule has 2 rings (SSSR count). The van der Waals surface area contributed by atoms with Crippen LogP contribution in [0.5, 0.6) is 0 Å². The molecule has 0 saturated carbocycles. The summed E-state index contributed by atoms with van der Waals surface area (Å²) >= 11 is 0.992. The number of pyridine rings is 1. The first-order valence-corrected chi connectivity index (χ1v) is 5.85. The lowest BCUT2D eigenvalue weighted by atomic mass is 10.0. The number of ketones is 1. The van der Waals surface area contributed by atoms with E-state index in [9.17, 15) is 9.18 Å². The van der Waals surface area contributed by atoms with Crippen LogP contribution in [0.2, 0.25) is 0 Å². The van der Waals surface area contributed by atoms with Gasteiger partial charge in [0.15, 0.2) is 5.82 Å². The maximum atomic E-state index is 13.4. The Morgan fingerprint density at radius 1 is 1.47 bits per heavy atom. The van der Waals surface area contributed by atoms with Gasteiger partial charge in [-0.2, -0.15) is 0 Å². The number of hydrogen-bond acceptors (Lipinski definition) is 5. The van der Waals surface area contributed by atoms with Crippen LogP contribution in [0.1, 0.15) is 40.7 Å². The summed E-state index contributed by atoms with van der Waals surface area (Å²) in [7, 11) is 0. The van der Waals surface area contributed by atoms with Crippen LogP contribution in [-0.4, -0.2) is 20.4 Å². The van der Waals surface area contributed by atoms with Gasteiger partial charge in [-0.15, -0.1) is 5.10 Å². The molecule has 0 aliphatic rings. The van der Waals surface area contributed by atoms with Gasteiger partial charge in [0.25, 0.3) is 0 Å². The molecule has 2 heterocycles. The van der Waals surface area contributed by atoms with Crippen LogP contribution in [0.3, 0.4) is 0 Å². The number of aromatic nitrogens is 3. The molecule has 0 spiro atoms. The standard InChI is InChI=1S/C11H10FN3OS/c1-6(2)9-11(17-15-14-9)10(16)7-3-4-13-5-8(7)12/h3-6H,1-2H3. The van der Waals surface area contributed by atoms with Crippen molar-refractivity contribution in [2.24, 2.45) is 0 Å². The number of carbonyl (C=O) groups excluding carboxylic acids is 1. The smallest absolute Gasteiger partial charge is 0.209 e. The van der Waals surface area contributed by atoms with Crippen LogP contribution in [0.4, 0.5) is 4.39 Å². The normalized spacial score (nSPS) is 10.8. The minimum Gasteiger partial charge on any atom is -0.287 e. The van der Waals surface area contributed by atoms with Crippen molar-refractivity contribution in [1.82, 2.24) is 14.6 Å². The number of halogens is 1. The summed E-state index contributed by atoms with van der Waals surface area (Å²) in [4.78, 5) is 16.1. The molecule has 0 aromatic carbocycles. The van der Waals surface area contributed by atoms with E-state index < -0.39 is 5.82 Å². The lowest BCUT2D eigenvalue weighted by molar-refractivity contribution is 0.103. The van der Waals surface area contributed by atoms with E-state index in [2.05, 4.69) is 14.6 Å². The quantitative estimate of drug-likeness (QED) is 0.786. The third-order valence-electron chi connectivity index (χ3n) is 2.28. The molecule has 88 valence electrons. The summed E-state index contributed by atoms with van der Waals surface area (Å²) in [6.07, 6.45) is 2.41. The minimum atomic E-state index is -0.624. The Morgan fingerprint density at radius 2 is 2.24 bits per heavy atom. The molecule has 6 heteroatoms. The molecule has 2 aromatic rings. The fourth-order valence-corrected chi connectivity index (χ4v) is 2.19. The third kappa shape index (κ3) is 2.21.